The van der Waals surface area contributed by atoms with Crippen molar-refractivity contribution in [2.24, 2.45) is 0 Å². The normalized spacial score (nSPS) is 21.0. The number of carbonyl (C=O) groups is 1. The van der Waals surface area contributed by atoms with Gasteiger partial charge >= 0.3 is 0 Å². The Kier molecular flexibility index (Phi) is 7.04. The predicted molar refractivity (Wildman–Crippen MR) is 112 cm³/mol. The van der Waals surface area contributed by atoms with E-state index in [4.69, 9.17) is 18.7 Å². The number of rotatable bonds is 8. The fourth-order valence-electron chi connectivity index (χ4n) is 4.46. The SMILES string of the molecule is CCOCCOC1CCOC2(CCN(C(=O)c3noc(C)c3Cn3cccn3)CC2)C1. The highest BCUT2D eigenvalue weighted by Gasteiger charge is 2.42. The summed E-state index contributed by atoms with van der Waals surface area (Å²) in [7, 11) is 0. The summed E-state index contributed by atoms with van der Waals surface area (Å²) in [6, 6.07) is 1.85. The number of hydrogen-bond donors (Lipinski definition) is 0. The molecule has 4 heterocycles. The largest absolute Gasteiger partial charge is 0.379 e. The second kappa shape index (κ2) is 9.93. The topological polar surface area (TPSA) is 91.9 Å². The monoisotopic (exact) mass is 432 g/mol. The van der Waals surface area contributed by atoms with E-state index in [1.165, 1.54) is 0 Å². The van der Waals surface area contributed by atoms with Gasteiger partial charge in [-0.05, 0) is 39.2 Å². The van der Waals surface area contributed by atoms with Crippen molar-refractivity contribution >= 4 is 5.91 Å². The van der Waals surface area contributed by atoms with Crippen LogP contribution in [-0.2, 0) is 20.8 Å². The highest BCUT2D eigenvalue weighted by atomic mass is 16.5. The second-order valence-corrected chi connectivity index (χ2v) is 8.28. The lowest BCUT2D eigenvalue weighted by Crippen LogP contribution is -2.52. The van der Waals surface area contributed by atoms with E-state index in [1.54, 1.807) is 10.9 Å². The quantitative estimate of drug-likeness (QED) is 0.592. The second-order valence-electron chi connectivity index (χ2n) is 8.28. The molecule has 4 rings (SSSR count). The van der Waals surface area contributed by atoms with Crippen LogP contribution in [0.4, 0.5) is 0 Å². The number of carbonyl (C=O) groups excluding carboxylic acids is 1. The predicted octanol–water partition coefficient (Wildman–Crippen LogP) is 2.43. The zero-order chi connectivity index (χ0) is 21.7. The summed E-state index contributed by atoms with van der Waals surface area (Å²) in [6.07, 6.45) is 7.14. The van der Waals surface area contributed by atoms with Gasteiger partial charge in [0.2, 0.25) is 0 Å². The van der Waals surface area contributed by atoms with Gasteiger partial charge in [0, 0.05) is 50.7 Å². The Labute approximate surface area is 182 Å². The molecule has 0 aliphatic carbocycles. The summed E-state index contributed by atoms with van der Waals surface area (Å²) >= 11 is 0. The number of hydrogen-bond acceptors (Lipinski definition) is 7. The van der Waals surface area contributed by atoms with Crippen molar-refractivity contribution in [3.05, 3.63) is 35.5 Å². The number of aryl methyl sites for hydroxylation is 1. The lowest BCUT2D eigenvalue weighted by atomic mass is 9.83. The van der Waals surface area contributed by atoms with Crippen LogP contribution in [-0.4, -0.2) is 77.0 Å². The van der Waals surface area contributed by atoms with E-state index in [0.29, 0.717) is 57.5 Å². The average molecular weight is 433 g/mol. The van der Waals surface area contributed by atoms with Crippen LogP contribution < -0.4 is 0 Å². The molecule has 1 spiro atoms. The summed E-state index contributed by atoms with van der Waals surface area (Å²) in [5.74, 6) is 0.559. The van der Waals surface area contributed by atoms with Crippen molar-refractivity contribution < 1.29 is 23.5 Å². The highest BCUT2D eigenvalue weighted by molar-refractivity contribution is 5.93. The molecule has 2 fully saturated rings. The zero-order valence-corrected chi connectivity index (χ0v) is 18.4. The molecule has 2 aromatic rings. The number of amides is 1. The lowest BCUT2D eigenvalue weighted by Gasteiger charge is -2.46. The smallest absolute Gasteiger partial charge is 0.276 e. The number of nitrogens with zero attached hydrogens (tertiary/aromatic N) is 4. The molecule has 2 saturated heterocycles. The van der Waals surface area contributed by atoms with Gasteiger partial charge in [-0.25, -0.2) is 0 Å². The third-order valence-electron chi connectivity index (χ3n) is 6.26. The molecule has 1 atom stereocenters. The molecule has 2 aliphatic rings. The van der Waals surface area contributed by atoms with Gasteiger partial charge in [0.15, 0.2) is 5.69 Å². The van der Waals surface area contributed by atoms with Gasteiger partial charge < -0.3 is 23.6 Å². The van der Waals surface area contributed by atoms with Gasteiger partial charge in [-0.1, -0.05) is 5.16 Å². The van der Waals surface area contributed by atoms with Crippen LogP contribution in [0.5, 0.6) is 0 Å². The Hall–Kier alpha value is -2.23. The maximum absolute atomic E-state index is 13.2. The Morgan fingerprint density at radius 3 is 2.90 bits per heavy atom. The van der Waals surface area contributed by atoms with Crippen LogP contribution >= 0.6 is 0 Å². The number of aromatic nitrogens is 3. The molecule has 9 nitrogen and oxygen atoms in total. The first-order valence-corrected chi connectivity index (χ1v) is 11.2. The van der Waals surface area contributed by atoms with Gasteiger partial charge in [0.05, 0.1) is 31.5 Å². The number of piperidine rings is 1. The van der Waals surface area contributed by atoms with Crippen molar-refractivity contribution in [1.29, 1.82) is 0 Å². The summed E-state index contributed by atoms with van der Waals surface area (Å²) in [4.78, 5) is 15.1. The van der Waals surface area contributed by atoms with Gasteiger partial charge in [-0.2, -0.15) is 5.10 Å². The summed E-state index contributed by atoms with van der Waals surface area (Å²) in [6.45, 7) is 8.20. The highest BCUT2D eigenvalue weighted by Crippen LogP contribution is 2.36. The molecule has 2 aromatic heterocycles. The van der Waals surface area contributed by atoms with Crippen molar-refractivity contribution in [3.63, 3.8) is 0 Å². The Bertz CT molecular complexity index is 842. The molecule has 1 unspecified atom stereocenters. The van der Waals surface area contributed by atoms with Crippen LogP contribution in [0.2, 0.25) is 0 Å². The molecular formula is C22H32N4O5. The molecule has 9 heteroatoms. The molecule has 0 N–H and O–H groups in total. The first kappa shape index (κ1) is 22.0. The first-order chi connectivity index (χ1) is 15.1. The van der Waals surface area contributed by atoms with Crippen LogP contribution in [0.25, 0.3) is 0 Å². The third kappa shape index (κ3) is 5.16. The molecule has 0 aromatic carbocycles. The summed E-state index contributed by atoms with van der Waals surface area (Å²) < 4.78 is 24.7. The van der Waals surface area contributed by atoms with E-state index in [9.17, 15) is 4.79 Å². The van der Waals surface area contributed by atoms with Gasteiger partial charge in [-0.15, -0.1) is 0 Å². The third-order valence-corrected chi connectivity index (χ3v) is 6.26. The van der Waals surface area contributed by atoms with Crippen molar-refractivity contribution in [2.45, 2.75) is 57.8 Å². The van der Waals surface area contributed by atoms with Crippen molar-refractivity contribution in [2.75, 3.05) is 39.5 Å². The Balaban J connectivity index is 1.34. The van der Waals surface area contributed by atoms with Crippen LogP contribution in [0, 0.1) is 6.92 Å². The summed E-state index contributed by atoms with van der Waals surface area (Å²) in [5, 5.41) is 8.29. The molecule has 1 amide bonds. The van der Waals surface area contributed by atoms with E-state index in [-0.39, 0.29) is 17.6 Å². The van der Waals surface area contributed by atoms with E-state index in [2.05, 4.69) is 10.3 Å². The Morgan fingerprint density at radius 2 is 2.16 bits per heavy atom. The standard InChI is InChI=1S/C22H32N4O5/c1-3-28-13-14-29-18-5-12-30-22(15-18)6-10-25(11-7-22)21(27)20-19(17(2)31-24-20)16-26-9-4-8-23-26/h4,8-9,18H,3,5-7,10-16H2,1-2H3. The molecule has 0 radical (unpaired) electrons. The minimum absolute atomic E-state index is 0.0887. The first-order valence-electron chi connectivity index (χ1n) is 11.2. The minimum Gasteiger partial charge on any atom is -0.379 e. The van der Waals surface area contributed by atoms with E-state index < -0.39 is 0 Å². The minimum atomic E-state index is -0.205. The maximum Gasteiger partial charge on any atom is 0.276 e. The lowest BCUT2D eigenvalue weighted by molar-refractivity contribution is -0.155. The number of likely N-dealkylation sites (tertiary alicyclic amines) is 1. The van der Waals surface area contributed by atoms with E-state index in [1.807, 2.05) is 31.0 Å². The fraction of sp³-hybridized carbons (Fsp3) is 0.682. The molecule has 0 bridgehead atoms. The van der Waals surface area contributed by atoms with Gasteiger partial charge in [-0.3, -0.25) is 9.48 Å². The van der Waals surface area contributed by atoms with Crippen molar-refractivity contribution in [3.8, 4) is 0 Å². The van der Waals surface area contributed by atoms with E-state index >= 15 is 0 Å². The molecule has 2 aliphatic heterocycles. The summed E-state index contributed by atoms with van der Waals surface area (Å²) in [5.41, 5.74) is 0.958. The average Bonchev–Trinajstić information content (AvgIpc) is 3.42. The Morgan fingerprint density at radius 1 is 1.32 bits per heavy atom. The molecule has 0 saturated carbocycles. The van der Waals surface area contributed by atoms with Gasteiger partial charge in [0.25, 0.3) is 5.91 Å². The molecule has 170 valence electrons. The van der Waals surface area contributed by atoms with Crippen LogP contribution in [0.15, 0.2) is 23.0 Å². The maximum atomic E-state index is 13.2. The zero-order valence-electron chi connectivity index (χ0n) is 18.4. The molecular weight excluding hydrogens is 400 g/mol. The number of ether oxygens (including phenoxy) is 3. The molecule has 31 heavy (non-hydrogen) atoms. The van der Waals surface area contributed by atoms with E-state index in [0.717, 1.165) is 31.2 Å². The fourth-order valence-corrected chi connectivity index (χ4v) is 4.46. The van der Waals surface area contributed by atoms with Crippen LogP contribution in [0.1, 0.15) is 54.4 Å². The van der Waals surface area contributed by atoms with Crippen LogP contribution in [0.3, 0.4) is 0 Å². The van der Waals surface area contributed by atoms with Crippen molar-refractivity contribution in [1.82, 2.24) is 19.8 Å². The van der Waals surface area contributed by atoms with Gasteiger partial charge in [0.1, 0.15) is 5.76 Å².